The lowest BCUT2D eigenvalue weighted by molar-refractivity contribution is 0.0718. The molecule has 1 aromatic carbocycles. The highest BCUT2D eigenvalue weighted by Gasteiger charge is 2.20. The van der Waals surface area contributed by atoms with Gasteiger partial charge in [-0.3, -0.25) is 9.78 Å². The maximum Gasteiger partial charge on any atom is 0.274 e. The summed E-state index contributed by atoms with van der Waals surface area (Å²) in [6.45, 7) is 1.64. The molecule has 1 fully saturated rings. The van der Waals surface area contributed by atoms with Gasteiger partial charge in [0, 0.05) is 38.4 Å². The molecule has 0 radical (unpaired) electrons. The number of likely N-dealkylation sites (tertiary alicyclic amines) is 1. The summed E-state index contributed by atoms with van der Waals surface area (Å²) in [6, 6.07) is 8.02. The van der Waals surface area contributed by atoms with E-state index in [1.165, 1.54) is 6.42 Å². The predicted molar refractivity (Wildman–Crippen MR) is 91.5 cm³/mol. The number of nitrogens with zero attached hydrogens (tertiary/aromatic N) is 4. The summed E-state index contributed by atoms with van der Waals surface area (Å²) in [5, 5.41) is 0. The van der Waals surface area contributed by atoms with Crippen LogP contribution in [-0.2, 0) is 0 Å². The summed E-state index contributed by atoms with van der Waals surface area (Å²) >= 11 is 0. The van der Waals surface area contributed by atoms with E-state index < -0.39 is 0 Å². The van der Waals surface area contributed by atoms with Gasteiger partial charge in [-0.2, -0.15) is 0 Å². The minimum Gasteiger partial charge on any atom is -0.377 e. The van der Waals surface area contributed by atoms with Crippen LogP contribution >= 0.6 is 0 Å². The minimum atomic E-state index is -0.0126. The quantitative estimate of drug-likeness (QED) is 0.874. The van der Waals surface area contributed by atoms with Gasteiger partial charge < -0.3 is 9.80 Å². The van der Waals surface area contributed by atoms with Gasteiger partial charge in [0.1, 0.15) is 5.69 Å². The fourth-order valence-corrected chi connectivity index (χ4v) is 2.94. The topological polar surface area (TPSA) is 49.3 Å². The third-order valence-corrected chi connectivity index (χ3v) is 4.16. The van der Waals surface area contributed by atoms with Gasteiger partial charge in [0.25, 0.3) is 5.91 Å². The van der Waals surface area contributed by atoms with E-state index in [0.717, 1.165) is 42.9 Å². The molecule has 1 saturated heterocycles. The van der Waals surface area contributed by atoms with Crippen LogP contribution in [0.25, 0.3) is 11.3 Å². The molecule has 0 atom stereocenters. The van der Waals surface area contributed by atoms with Crippen molar-refractivity contribution in [1.29, 1.82) is 0 Å². The number of hydrogen-bond donors (Lipinski definition) is 0. The molecular formula is C18H22N4O. The van der Waals surface area contributed by atoms with E-state index in [4.69, 9.17) is 0 Å². The molecule has 0 spiro atoms. The second-order valence-electron chi connectivity index (χ2n) is 6.05. The molecule has 120 valence electrons. The third-order valence-electron chi connectivity index (χ3n) is 4.16. The largest absolute Gasteiger partial charge is 0.377 e. The minimum absolute atomic E-state index is 0.0126. The van der Waals surface area contributed by atoms with Crippen LogP contribution in [0, 0.1) is 0 Å². The van der Waals surface area contributed by atoms with Crippen molar-refractivity contribution in [2.24, 2.45) is 0 Å². The zero-order valence-electron chi connectivity index (χ0n) is 13.7. The Labute approximate surface area is 137 Å². The van der Waals surface area contributed by atoms with Crippen molar-refractivity contribution in [1.82, 2.24) is 14.9 Å². The van der Waals surface area contributed by atoms with Gasteiger partial charge >= 0.3 is 0 Å². The Morgan fingerprint density at radius 3 is 2.57 bits per heavy atom. The van der Waals surface area contributed by atoms with Gasteiger partial charge in [-0.25, -0.2) is 4.98 Å². The Morgan fingerprint density at radius 1 is 1.09 bits per heavy atom. The van der Waals surface area contributed by atoms with E-state index in [2.05, 4.69) is 9.97 Å². The van der Waals surface area contributed by atoms with Crippen LogP contribution in [0.2, 0.25) is 0 Å². The fourth-order valence-electron chi connectivity index (χ4n) is 2.94. The van der Waals surface area contributed by atoms with Gasteiger partial charge in [0.05, 0.1) is 18.1 Å². The van der Waals surface area contributed by atoms with Crippen molar-refractivity contribution in [3.8, 4) is 11.3 Å². The molecule has 0 unspecified atom stereocenters. The molecule has 0 bridgehead atoms. The summed E-state index contributed by atoms with van der Waals surface area (Å²) in [6.07, 6.45) is 6.63. The van der Waals surface area contributed by atoms with E-state index in [1.807, 2.05) is 48.2 Å². The van der Waals surface area contributed by atoms with Gasteiger partial charge in [-0.15, -0.1) is 0 Å². The number of anilines is 1. The number of benzene rings is 1. The number of carbonyl (C=O) groups excluding carboxylic acids is 1. The Bertz CT molecular complexity index is 693. The number of aromatic nitrogens is 2. The maximum atomic E-state index is 12.6. The van der Waals surface area contributed by atoms with Crippen LogP contribution in [0.5, 0.6) is 0 Å². The lowest BCUT2D eigenvalue weighted by atomic mass is 10.1. The molecule has 2 aromatic rings. The van der Waals surface area contributed by atoms with Crippen molar-refractivity contribution in [3.05, 3.63) is 42.4 Å². The van der Waals surface area contributed by atoms with E-state index in [9.17, 15) is 4.79 Å². The average molecular weight is 310 g/mol. The molecule has 1 aromatic heterocycles. The van der Waals surface area contributed by atoms with Gasteiger partial charge in [0.15, 0.2) is 0 Å². The van der Waals surface area contributed by atoms with Crippen LogP contribution in [-0.4, -0.2) is 48.0 Å². The molecule has 0 aliphatic carbocycles. The molecule has 3 rings (SSSR count). The van der Waals surface area contributed by atoms with Gasteiger partial charge in [0.2, 0.25) is 0 Å². The Hall–Kier alpha value is -2.43. The van der Waals surface area contributed by atoms with Crippen molar-refractivity contribution >= 4 is 11.6 Å². The fraction of sp³-hybridized carbons (Fsp3) is 0.389. The lowest BCUT2D eigenvalue weighted by Crippen LogP contribution is -2.36. The van der Waals surface area contributed by atoms with Crippen LogP contribution in [0.15, 0.2) is 36.7 Å². The number of hydrogen-bond acceptors (Lipinski definition) is 4. The van der Waals surface area contributed by atoms with Crippen molar-refractivity contribution in [3.63, 3.8) is 0 Å². The first-order valence-electron chi connectivity index (χ1n) is 8.05. The molecule has 1 amide bonds. The summed E-state index contributed by atoms with van der Waals surface area (Å²) in [7, 11) is 3.99. The van der Waals surface area contributed by atoms with Crippen molar-refractivity contribution < 1.29 is 4.79 Å². The van der Waals surface area contributed by atoms with Crippen LogP contribution in [0.3, 0.4) is 0 Å². The molecule has 1 aliphatic rings. The Balaban J connectivity index is 1.92. The highest BCUT2D eigenvalue weighted by atomic mass is 16.2. The van der Waals surface area contributed by atoms with E-state index >= 15 is 0 Å². The lowest BCUT2D eigenvalue weighted by Gasteiger charge is -2.26. The number of amides is 1. The standard InChI is InChI=1S/C18H22N4O/c1-21(2)17-9-5-4-8-14(17)15-12-19-13-16(20-15)18(23)22-10-6-3-7-11-22/h4-5,8-9,12-13H,3,6-7,10-11H2,1-2H3. The number of rotatable bonds is 3. The molecule has 0 saturated carbocycles. The smallest absolute Gasteiger partial charge is 0.274 e. The van der Waals surface area contributed by atoms with Crippen molar-refractivity contribution in [2.75, 3.05) is 32.1 Å². The molecule has 2 heterocycles. The summed E-state index contributed by atoms with van der Waals surface area (Å²) < 4.78 is 0. The Morgan fingerprint density at radius 2 is 1.83 bits per heavy atom. The average Bonchev–Trinajstić information content (AvgIpc) is 2.62. The molecule has 0 N–H and O–H groups in total. The summed E-state index contributed by atoms with van der Waals surface area (Å²) in [5.41, 5.74) is 3.21. The molecule has 5 heteroatoms. The SMILES string of the molecule is CN(C)c1ccccc1-c1cncc(C(=O)N2CCCCC2)n1. The monoisotopic (exact) mass is 310 g/mol. The zero-order chi connectivity index (χ0) is 16.2. The first-order chi connectivity index (χ1) is 11.2. The van der Waals surface area contributed by atoms with E-state index in [0.29, 0.717) is 5.69 Å². The first-order valence-corrected chi connectivity index (χ1v) is 8.05. The van der Waals surface area contributed by atoms with Crippen LogP contribution in [0.1, 0.15) is 29.8 Å². The predicted octanol–water partition coefficient (Wildman–Crippen LogP) is 2.84. The second-order valence-corrected chi connectivity index (χ2v) is 6.05. The summed E-state index contributed by atoms with van der Waals surface area (Å²) in [4.78, 5) is 25.4. The molecule has 23 heavy (non-hydrogen) atoms. The molecule has 1 aliphatic heterocycles. The highest BCUT2D eigenvalue weighted by Crippen LogP contribution is 2.27. The first kappa shape index (κ1) is 15.5. The Kier molecular flexibility index (Phi) is 4.55. The van der Waals surface area contributed by atoms with Gasteiger partial charge in [-0.1, -0.05) is 18.2 Å². The third kappa shape index (κ3) is 3.33. The van der Waals surface area contributed by atoms with Crippen molar-refractivity contribution in [2.45, 2.75) is 19.3 Å². The molecular weight excluding hydrogens is 288 g/mol. The number of carbonyl (C=O) groups is 1. The van der Waals surface area contributed by atoms with Gasteiger partial charge in [-0.05, 0) is 25.3 Å². The normalized spacial score (nSPS) is 14.6. The van der Waals surface area contributed by atoms with Crippen LogP contribution in [0.4, 0.5) is 5.69 Å². The number of para-hydroxylation sites is 1. The molecule has 5 nitrogen and oxygen atoms in total. The zero-order valence-corrected chi connectivity index (χ0v) is 13.7. The second kappa shape index (κ2) is 6.77. The number of piperidine rings is 1. The summed E-state index contributed by atoms with van der Waals surface area (Å²) in [5.74, 6) is -0.0126. The van der Waals surface area contributed by atoms with Crippen LogP contribution < -0.4 is 4.90 Å². The van der Waals surface area contributed by atoms with E-state index in [-0.39, 0.29) is 5.91 Å². The maximum absolute atomic E-state index is 12.6. The highest BCUT2D eigenvalue weighted by molar-refractivity contribution is 5.92. The van der Waals surface area contributed by atoms with E-state index in [1.54, 1.807) is 12.4 Å².